The minimum absolute atomic E-state index is 0.0282. The van der Waals surface area contributed by atoms with Crippen molar-refractivity contribution in [1.29, 1.82) is 0 Å². The van der Waals surface area contributed by atoms with Crippen molar-refractivity contribution in [3.8, 4) is 0 Å². The Morgan fingerprint density at radius 1 is 0.977 bits per heavy atom. The predicted octanol–water partition coefficient (Wildman–Crippen LogP) is 6.37. The number of hydrogen-bond donors (Lipinski definition) is 1. The van der Waals surface area contributed by atoms with Crippen molar-refractivity contribution in [2.75, 3.05) is 18.5 Å². The van der Waals surface area contributed by atoms with Crippen LogP contribution in [0.15, 0.2) is 47.4 Å². The van der Waals surface area contributed by atoms with Crippen molar-refractivity contribution in [2.45, 2.75) is 110 Å². The van der Waals surface area contributed by atoms with Gasteiger partial charge in [0.25, 0.3) is 5.91 Å². The summed E-state index contributed by atoms with van der Waals surface area (Å²) in [5.74, 6) is -1.03. The summed E-state index contributed by atoms with van der Waals surface area (Å²) >= 11 is 0. The molecule has 2 heterocycles. The molecule has 3 rings (SSSR count). The highest BCUT2D eigenvalue weighted by molar-refractivity contribution is 6.74. The first-order valence-electron chi connectivity index (χ1n) is 15.4. The van der Waals surface area contributed by atoms with Crippen LogP contribution in [0.1, 0.15) is 71.5 Å². The molecule has 1 saturated heterocycles. The molecule has 0 spiro atoms. The Labute approximate surface area is 264 Å². The lowest BCUT2D eigenvalue weighted by atomic mass is 9.94. The van der Waals surface area contributed by atoms with Crippen molar-refractivity contribution < 1.29 is 27.9 Å². The van der Waals surface area contributed by atoms with Crippen LogP contribution in [-0.2, 0) is 23.1 Å². The van der Waals surface area contributed by atoms with Gasteiger partial charge in [-0.25, -0.2) is 4.79 Å². The van der Waals surface area contributed by atoms with Crippen LogP contribution in [0.2, 0.25) is 36.3 Å². The van der Waals surface area contributed by atoms with Gasteiger partial charge in [-0.3, -0.25) is 14.2 Å². The van der Waals surface area contributed by atoms with E-state index in [9.17, 15) is 14.4 Å². The predicted molar refractivity (Wildman–Crippen MR) is 177 cm³/mol. The molecule has 4 atom stereocenters. The van der Waals surface area contributed by atoms with E-state index in [1.807, 2.05) is 6.07 Å². The molecule has 0 unspecified atom stereocenters. The van der Waals surface area contributed by atoms with Crippen LogP contribution in [-0.4, -0.2) is 63.5 Å². The third-order valence-electron chi connectivity index (χ3n) is 9.24. The summed E-state index contributed by atoms with van der Waals surface area (Å²) in [4.78, 5) is 43.2. The molecule has 1 fully saturated rings. The number of ether oxygens (including phenoxy) is 2. The number of esters is 1. The number of anilines is 1. The Morgan fingerprint density at radius 2 is 1.59 bits per heavy atom. The highest BCUT2D eigenvalue weighted by Crippen LogP contribution is 2.45. The Bertz CT molecular complexity index is 1350. The monoisotopic (exact) mass is 645 g/mol. The van der Waals surface area contributed by atoms with Crippen LogP contribution in [0, 0.1) is 5.92 Å². The van der Waals surface area contributed by atoms with Gasteiger partial charge in [0.15, 0.2) is 22.9 Å². The molecular formula is C32H51N3O7Si2. The maximum Gasteiger partial charge on any atom is 0.351 e. The van der Waals surface area contributed by atoms with E-state index in [4.69, 9.17) is 18.3 Å². The normalized spacial score (nSPS) is 21.2. The Kier molecular flexibility index (Phi) is 11.2. The second-order valence-electron chi connectivity index (χ2n) is 14.5. The summed E-state index contributed by atoms with van der Waals surface area (Å²) in [7, 11) is -4.59. The van der Waals surface area contributed by atoms with E-state index in [1.54, 1.807) is 43.5 Å². The molecule has 1 aromatic carbocycles. The molecule has 2 aromatic rings. The number of nitrogens with one attached hydrogen (secondary N) is 1. The van der Waals surface area contributed by atoms with Crippen LogP contribution in [0.3, 0.4) is 0 Å². The SMILES string of the molecule is CCOC(=O)C[C@H]1[C@@H](O[Si](C)(C)C(C)(C)C)[C@H](n2ccc(NC(=O)c3ccccc3)nc2=O)O[C@@H]1CO[Si](C)(C)C(C)(C)C. The fourth-order valence-electron chi connectivity index (χ4n) is 4.45. The zero-order valence-electron chi connectivity index (χ0n) is 28.2. The number of nitrogens with zero attached hydrogens (tertiary/aromatic N) is 2. The molecule has 0 aliphatic carbocycles. The van der Waals surface area contributed by atoms with Gasteiger partial charge in [0, 0.05) is 17.7 Å². The third-order valence-corrected chi connectivity index (χ3v) is 18.2. The maximum atomic E-state index is 13.5. The number of benzene rings is 1. The lowest BCUT2D eigenvalue weighted by molar-refractivity contribution is -0.145. The Hall–Kier alpha value is -2.65. The molecule has 0 saturated carbocycles. The minimum Gasteiger partial charge on any atom is -0.466 e. The second kappa shape index (κ2) is 13.8. The molecular weight excluding hydrogens is 595 g/mol. The van der Waals surface area contributed by atoms with Crippen LogP contribution in [0.5, 0.6) is 0 Å². The number of carbonyl (C=O) groups excluding carboxylic acids is 2. The van der Waals surface area contributed by atoms with E-state index >= 15 is 0 Å². The van der Waals surface area contributed by atoms with Crippen LogP contribution >= 0.6 is 0 Å². The van der Waals surface area contributed by atoms with Gasteiger partial charge in [0.05, 0.1) is 31.8 Å². The molecule has 1 aliphatic rings. The topological polar surface area (TPSA) is 118 Å². The fraction of sp³-hybridized carbons (Fsp3) is 0.625. The number of carbonyl (C=O) groups is 2. The second-order valence-corrected chi connectivity index (χ2v) is 24.0. The van der Waals surface area contributed by atoms with Crippen molar-refractivity contribution in [3.63, 3.8) is 0 Å². The van der Waals surface area contributed by atoms with Gasteiger partial charge in [-0.2, -0.15) is 4.98 Å². The number of aromatic nitrogens is 2. The molecule has 12 heteroatoms. The molecule has 1 N–H and O–H groups in total. The molecule has 0 radical (unpaired) electrons. The molecule has 10 nitrogen and oxygen atoms in total. The summed E-state index contributed by atoms with van der Waals surface area (Å²) < 4.78 is 26.9. The Morgan fingerprint density at radius 3 is 2.14 bits per heavy atom. The first-order chi connectivity index (χ1) is 20.3. The lowest BCUT2D eigenvalue weighted by Crippen LogP contribution is -2.48. The molecule has 0 bridgehead atoms. The smallest absolute Gasteiger partial charge is 0.351 e. The minimum atomic E-state index is -2.42. The summed E-state index contributed by atoms with van der Waals surface area (Å²) in [6, 6.07) is 10.3. The summed E-state index contributed by atoms with van der Waals surface area (Å²) in [5, 5.41) is 2.52. The van der Waals surface area contributed by atoms with E-state index < -0.39 is 46.7 Å². The molecule has 1 amide bonds. The van der Waals surface area contributed by atoms with E-state index in [2.05, 4.69) is 78.0 Å². The molecule has 1 aliphatic heterocycles. The molecule has 44 heavy (non-hydrogen) atoms. The van der Waals surface area contributed by atoms with Crippen molar-refractivity contribution in [2.24, 2.45) is 5.92 Å². The van der Waals surface area contributed by atoms with Crippen LogP contribution < -0.4 is 11.0 Å². The van der Waals surface area contributed by atoms with Crippen molar-refractivity contribution >= 4 is 34.3 Å². The van der Waals surface area contributed by atoms with Gasteiger partial charge in [-0.15, -0.1) is 0 Å². The highest BCUT2D eigenvalue weighted by Gasteiger charge is 2.52. The average Bonchev–Trinajstić information content (AvgIpc) is 3.22. The van der Waals surface area contributed by atoms with Crippen LogP contribution in [0.4, 0.5) is 5.82 Å². The lowest BCUT2D eigenvalue weighted by Gasteiger charge is -2.41. The molecule has 1 aromatic heterocycles. The summed E-state index contributed by atoms with van der Waals surface area (Å²) in [6.07, 6.45) is -0.422. The summed E-state index contributed by atoms with van der Waals surface area (Å²) in [5.41, 5.74) is -0.155. The van der Waals surface area contributed by atoms with E-state index in [-0.39, 0.29) is 47.4 Å². The maximum absolute atomic E-state index is 13.5. The zero-order chi connectivity index (χ0) is 33.1. The number of hydrogen-bond acceptors (Lipinski definition) is 8. The molecule has 244 valence electrons. The van der Waals surface area contributed by atoms with Gasteiger partial charge >= 0.3 is 11.7 Å². The highest BCUT2D eigenvalue weighted by atomic mass is 28.4. The van der Waals surface area contributed by atoms with Gasteiger partial charge in [0.1, 0.15) is 5.82 Å². The third kappa shape index (κ3) is 8.54. The van der Waals surface area contributed by atoms with Crippen molar-refractivity contribution in [3.05, 3.63) is 58.6 Å². The average molecular weight is 646 g/mol. The first kappa shape index (κ1) is 35.8. The largest absolute Gasteiger partial charge is 0.466 e. The zero-order valence-corrected chi connectivity index (χ0v) is 30.2. The quantitative estimate of drug-likeness (QED) is 0.221. The van der Waals surface area contributed by atoms with Gasteiger partial charge in [0.2, 0.25) is 0 Å². The fourth-order valence-corrected chi connectivity index (χ4v) is 6.79. The van der Waals surface area contributed by atoms with Crippen molar-refractivity contribution in [1.82, 2.24) is 9.55 Å². The van der Waals surface area contributed by atoms with E-state index in [1.165, 1.54) is 4.57 Å². The first-order valence-corrected chi connectivity index (χ1v) is 21.2. The standard InChI is InChI=1S/C32H51N3O7Si2/c1-12-39-26(36)20-23-24(21-40-43(8,9)31(2,3)4)41-29(27(23)42-44(10,11)32(5,6)7)35-19-18-25(34-30(35)38)33-28(37)22-16-14-13-15-17-22/h13-19,23-24,27,29H,12,20-21H2,1-11H3,(H,33,34,37,38)/t23-,24-,27-,29-/m1/s1. The van der Waals surface area contributed by atoms with E-state index in [0.29, 0.717) is 5.56 Å². The van der Waals surface area contributed by atoms with E-state index in [0.717, 1.165) is 0 Å². The number of amides is 1. The Balaban J connectivity index is 2.02. The number of rotatable bonds is 11. The van der Waals surface area contributed by atoms with Gasteiger partial charge in [-0.05, 0) is 61.4 Å². The van der Waals surface area contributed by atoms with Gasteiger partial charge < -0.3 is 23.6 Å². The van der Waals surface area contributed by atoms with Crippen LogP contribution in [0.25, 0.3) is 0 Å². The van der Waals surface area contributed by atoms with Gasteiger partial charge in [-0.1, -0.05) is 59.7 Å². The summed E-state index contributed by atoms with van der Waals surface area (Å²) in [6.45, 7) is 23.8.